The lowest BCUT2D eigenvalue weighted by atomic mass is 10.0. The molecule has 0 bridgehead atoms. The van der Waals surface area contributed by atoms with Crippen LogP contribution in [0.25, 0.3) is 0 Å². The van der Waals surface area contributed by atoms with Crippen molar-refractivity contribution in [3.05, 3.63) is 53.1 Å². The highest BCUT2D eigenvalue weighted by Gasteiger charge is 2.09. The van der Waals surface area contributed by atoms with Crippen LogP contribution >= 0.6 is 0 Å². The van der Waals surface area contributed by atoms with Crippen molar-refractivity contribution >= 4 is 6.29 Å². The summed E-state index contributed by atoms with van der Waals surface area (Å²) in [6.45, 7) is 17.7. The molecule has 1 saturated heterocycles. The number of morpholine rings is 1. The number of rotatable bonds is 9. The van der Waals surface area contributed by atoms with E-state index >= 15 is 0 Å². The predicted octanol–water partition coefficient (Wildman–Crippen LogP) is 5.91. The Bertz CT molecular complexity index is 765. The van der Waals surface area contributed by atoms with E-state index in [-0.39, 0.29) is 5.75 Å². The number of carbonyl (C=O) groups is 1. The van der Waals surface area contributed by atoms with Gasteiger partial charge in [0, 0.05) is 26.1 Å². The molecule has 2 aromatic rings. The molecule has 0 atom stereocenters. The van der Waals surface area contributed by atoms with Crippen molar-refractivity contribution in [1.82, 2.24) is 10.2 Å². The van der Waals surface area contributed by atoms with Gasteiger partial charge in [0.15, 0.2) is 0 Å². The van der Waals surface area contributed by atoms with Crippen LogP contribution in [0.15, 0.2) is 36.4 Å². The predicted molar refractivity (Wildman–Crippen MR) is 147 cm³/mol. The summed E-state index contributed by atoms with van der Waals surface area (Å²) in [4.78, 5) is 12.2. The molecular weight excluding hydrogens is 440 g/mol. The van der Waals surface area contributed by atoms with E-state index < -0.39 is 0 Å². The van der Waals surface area contributed by atoms with Crippen LogP contribution in [0.5, 0.6) is 17.2 Å². The van der Waals surface area contributed by atoms with Crippen molar-refractivity contribution in [3.8, 4) is 17.2 Å². The molecule has 0 saturated carbocycles. The third-order valence-corrected chi connectivity index (χ3v) is 5.14. The van der Waals surface area contributed by atoms with E-state index in [2.05, 4.69) is 36.2 Å². The maximum Gasteiger partial charge on any atom is 0.133 e. The van der Waals surface area contributed by atoms with Gasteiger partial charge in [0.05, 0.1) is 13.2 Å². The molecule has 0 aliphatic carbocycles. The second kappa shape index (κ2) is 20.9. The van der Waals surface area contributed by atoms with Crippen molar-refractivity contribution in [3.63, 3.8) is 0 Å². The molecule has 6 heteroatoms. The maximum atomic E-state index is 9.99. The first kappa shape index (κ1) is 32.6. The minimum atomic E-state index is 0.246. The summed E-state index contributed by atoms with van der Waals surface area (Å²) in [6.07, 6.45) is 3.82. The molecule has 198 valence electrons. The van der Waals surface area contributed by atoms with Gasteiger partial charge in [-0.3, -0.25) is 4.90 Å². The molecule has 1 heterocycles. The van der Waals surface area contributed by atoms with Crippen LogP contribution < -0.4 is 10.1 Å². The number of aryl methyl sites for hydroxylation is 3. The summed E-state index contributed by atoms with van der Waals surface area (Å²) < 4.78 is 11.1. The van der Waals surface area contributed by atoms with Gasteiger partial charge in [-0.1, -0.05) is 39.8 Å². The molecule has 0 spiro atoms. The van der Waals surface area contributed by atoms with Crippen LogP contribution in [-0.4, -0.2) is 62.7 Å². The van der Waals surface area contributed by atoms with Crippen molar-refractivity contribution in [1.29, 1.82) is 0 Å². The van der Waals surface area contributed by atoms with Gasteiger partial charge in [0.1, 0.15) is 23.5 Å². The number of hydrogen-bond acceptors (Lipinski definition) is 6. The van der Waals surface area contributed by atoms with E-state index in [0.717, 1.165) is 81.1 Å². The normalized spacial score (nSPS) is 12.7. The average Bonchev–Trinajstić information content (AvgIpc) is 2.90. The van der Waals surface area contributed by atoms with E-state index in [1.807, 2.05) is 34.7 Å². The van der Waals surface area contributed by atoms with E-state index in [1.165, 1.54) is 5.56 Å². The Balaban J connectivity index is 0.000000691. The number of ether oxygens (including phenoxy) is 2. The zero-order chi connectivity index (χ0) is 26.5. The van der Waals surface area contributed by atoms with Crippen molar-refractivity contribution in [2.24, 2.45) is 0 Å². The molecule has 1 aliphatic heterocycles. The van der Waals surface area contributed by atoms with Crippen LogP contribution in [0.4, 0.5) is 0 Å². The zero-order valence-corrected chi connectivity index (χ0v) is 23.0. The number of carbonyl (C=O) groups excluding carboxylic acids is 1. The van der Waals surface area contributed by atoms with Crippen molar-refractivity contribution < 1.29 is 19.4 Å². The Labute approximate surface area is 213 Å². The highest BCUT2D eigenvalue weighted by Crippen LogP contribution is 2.30. The molecule has 2 aromatic carbocycles. The minimum absolute atomic E-state index is 0.246. The topological polar surface area (TPSA) is 71.0 Å². The Morgan fingerprint density at radius 1 is 1.03 bits per heavy atom. The lowest BCUT2D eigenvalue weighted by Gasteiger charge is -2.25. The first-order chi connectivity index (χ1) is 17.0. The summed E-state index contributed by atoms with van der Waals surface area (Å²) in [5, 5.41) is 12.5. The Kier molecular flexibility index (Phi) is 19.5. The Morgan fingerprint density at radius 2 is 1.60 bits per heavy atom. The van der Waals surface area contributed by atoms with Crippen LogP contribution in [0.3, 0.4) is 0 Å². The van der Waals surface area contributed by atoms with E-state index in [0.29, 0.717) is 6.42 Å². The van der Waals surface area contributed by atoms with Crippen LogP contribution in [0.2, 0.25) is 0 Å². The molecule has 1 aliphatic rings. The summed E-state index contributed by atoms with van der Waals surface area (Å²) in [6, 6.07) is 11.2. The SMILES string of the molecule is CC.CC.CNCCCc1cc(C)c(Oc2ccc(O)cc2)c(C)c1.O=CCCN1CCOCC1. The zero-order valence-electron chi connectivity index (χ0n) is 23.0. The van der Waals surface area contributed by atoms with Gasteiger partial charge in [0.25, 0.3) is 0 Å². The summed E-state index contributed by atoms with van der Waals surface area (Å²) in [5.74, 6) is 1.88. The van der Waals surface area contributed by atoms with Gasteiger partial charge in [-0.05, 0) is 81.2 Å². The van der Waals surface area contributed by atoms with Crippen molar-refractivity contribution in [2.45, 2.75) is 60.8 Å². The number of aldehydes is 1. The largest absolute Gasteiger partial charge is 0.508 e. The van der Waals surface area contributed by atoms with Gasteiger partial charge in [-0.25, -0.2) is 0 Å². The molecule has 0 aromatic heterocycles. The molecule has 2 N–H and O–H groups in total. The van der Waals surface area contributed by atoms with E-state index in [1.54, 1.807) is 24.3 Å². The Hall–Kier alpha value is -2.41. The molecular formula is C29H48N2O4. The number of hydrogen-bond donors (Lipinski definition) is 2. The smallest absolute Gasteiger partial charge is 0.133 e. The first-order valence-electron chi connectivity index (χ1n) is 13.0. The second-order valence-electron chi connectivity index (χ2n) is 7.77. The second-order valence-corrected chi connectivity index (χ2v) is 7.77. The van der Waals surface area contributed by atoms with Gasteiger partial charge < -0.3 is 24.7 Å². The number of phenols is 1. The van der Waals surface area contributed by atoms with E-state index in [4.69, 9.17) is 9.47 Å². The molecule has 0 radical (unpaired) electrons. The highest BCUT2D eigenvalue weighted by molar-refractivity contribution is 5.49. The first-order valence-corrected chi connectivity index (χ1v) is 13.0. The number of nitrogens with zero attached hydrogens (tertiary/aromatic N) is 1. The third-order valence-electron chi connectivity index (χ3n) is 5.14. The molecule has 3 rings (SSSR count). The van der Waals surface area contributed by atoms with Gasteiger partial charge in [-0.2, -0.15) is 0 Å². The number of benzene rings is 2. The molecule has 6 nitrogen and oxygen atoms in total. The summed E-state index contributed by atoms with van der Waals surface area (Å²) >= 11 is 0. The third kappa shape index (κ3) is 13.9. The number of nitrogens with one attached hydrogen (secondary N) is 1. The average molecular weight is 489 g/mol. The molecule has 0 unspecified atom stereocenters. The fourth-order valence-electron chi connectivity index (χ4n) is 3.51. The molecule has 0 amide bonds. The van der Waals surface area contributed by atoms with Crippen LogP contribution in [-0.2, 0) is 16.0 Å². The van der Waals surface area contributed by atoms with E-state index in [9.17, 15) is 9.90 Å². The standard InChI is InChI=1S/C18H23NO2.C7H13NO2.2C2H6/c1-13-11-15(5-4-10-19-3)12-14(2)18(13)21-17-8-6-16(20)7-9-17;9-5-1-2-8-3-6-10-7-4-8;2*1-2/h6-9,11-12,19-20H,4-5,10H2,1-3H3;5H,1-4,6-7H2;2*1-2H3. The van der Waals surface area contributed by atoms with Crippen LogP contribution in [0, 0.1) is 13.8 Å². The molecule has 35 heavy (non-hydrogen) atoms. The quantitative estimate of drug-likeness (QED) is 0.338. The van der Waals surface area contributed by atoms with Gasteiger partial charge >= 0.3 is 0 Å². The number of phenolic OH excluding ortho intramolecular Hbond substituents is 1. The van der Waals surface area contributed by atoms with Crippen LogP contribution in [0.1, 0.15) is 57.2 Å². The summed E-state index contributed by atoms with van der Waals surface area (Å²) in [5.41, 5.74) is 3.63. The monoisotopic (exact) mass is 488 g/mol. The Morgan fingerprint density at radius 3 is 2.11 bits per heavy atom. The fraction of sp³-hybridized carbons (Fsp3) is 0.552. The fourth-order valence-corrected chi connectivity index (χ4v) is 3.51. The lowest BCUT2D eigenvalue weighted by molar-refractivity contribution is -0.108. The van der Waals surface area contributed by atoms with Gasteiger partial charge in [-0.15, -0.1) is 0 Å². The van der Waals surface area contributed by atoms with Crippen molar-refractivity contribution in [2.75, 3.05) is 46.4 Å². The maximum absolute atomic E-state index is 9.99. The number of aromatic hydroxyl groups is 1. The summed E-state index contributed by atoms with van der Waals surface area (Å²) in [7, 11) is 1.98. The molecule has 1 fully saturated rings. The lowest BCUT2D eigenvalue weighted by Crippen LogP contribution is -2.36. The van der Waals surface area contributed by atoms with Gasteiger partial charge in [0.2, 0.25) is 0 Å². The highest BCUT2D eigenvalue weighted by atomic mass is 16.5. The minimum Gasteiger partial charge on any atom is -0.508 e.